The molecule has 0 saturated heterocycles. The van der Waals surface area contributed by atoms with Crippen molar-refractivity contribution in [2.75, 3.05) is 49.7 Å². The highest BCUT2D eigenvalue weighted by Gasteiger charge is 2.35. The number of methoxy groups -OCH3 is 4. The van der Waals surface area contributed by atoms with E-state index in [4.69, 9.17) is 18.9 Å². The van der Waals surface area contributed by atoms with Gasteiger partial charge in [0.15, 0.2) is 0 Å². The summed E-state index contributed by atoms with van der Waals surface area (Å²) in [7, 11) is 2.37. The van der Waals surface area contributed by atoms with E-state index in [1.165, 1.54) is 0 Å². The first-order chi connectivity index (χ1) is 35.6. The molecular weight excluding hydrogens is 951 g/mol. The number of ether oxygens (including phenoxy) is 4. The van der Waals surface area contributed by atoms with E-state index in [0.29, 0.717) is 13.0 Å². The maximum Gasteiger partial charge on any atom is 0.268 e. The van der Waals surface area contributed by atoms with E-state index in [2.05, 4.69) is 99.6 Å². The molecule has 8 aromatic rings. The molecule has 10 rings (SSSR count). The molecule has 1 atom stereocenters. The minimum atomic E-state index is -4.30. The van der Waals surface area contributed by atoms with Crippen LogP contribution in [0.2, 0.25) is 0 Å². The molecule has 1 N–H and O–H groups in total. The summed E-state index contributed by atoms with van der Waals surface area (Å²) >= 11 is 1.72. The predicted octanol–water partition coefficient (Wildman–Crippen LogP) is 15.8. The summed E-state index contributed by atoms with van der Waals surface area (Å²) in [6.45, 7) is 0.406. The zero-order valence-electron chi connectivity index (χ0n) is 41.5. The van der Waals surface area contributed by atoms with Crippen molar-refractivity contribution in [1.82, 2.24) is 0 Å². The monoisotopic (exact) mass is 1010 g/mol. The molecule has 1 fully saturated rings. The van der Waals surface area contributed by atoms with Crippen LogP contribution in [-0.4, -0.2) is 53.2 Å². The lowest BCUT2D eigenvalue weighted by atomic mass is 9.85. The van der Waals surface area contributed by atoms with Crippen molar-refractivity contribution in [1.29, 1.82) is 0 Å². The molecule has 1 heterocycles. The molecule has 0 bridgehead atoms. The number of fused-ring (bicyclic) bond motifs is 2. The molecule has 2 aliphatic rings. The van der Waals surface area contributed by atoms with E-state index in [1.807, 2.05) is 97.1 Å². The molecule has 1 unspecified atom stereocenters. The zero-order valence-corrected chi connectivity index (χ0v) is 43.1. The lowest BCUT2D eigenvalue weighted by Crippen LogP contribution is -2.35. The van der Waals surface area contributed by atoms with Gasteiger partial charge < -0.3 is 33.6 Å². The summed E-state index contributed by atoms with van der Waals surface area (Å²) < 4.78 is 59.1. The average molecular weight is 1010 g/mol. The van der Waals surface area contributed by atoms with Gasteiger partial charge in [0.1, 0.15) is 23.0 Å². The first-order valence-corrected chi connectivity index (χ1v) is 27.0. The molecule has 12 heteroatoms. The van der Waals surface area contributed by atoms with Crippen molar-refractivity contribution in [3.8, 4) is 45.3 Å². The molecule has 1 saturated carbocycles. The van der Waals surface area contributed by atoms with Crippen molar-refractivity contribution in [3.05, 3.63) is 182 Å². The number of hydrogen-bond donors (Lipinski definition) is 1. The van der Waals surface area contributed by atoms with Gasteiger partial charge in [-0.05, 0) is 193 Å². The quantitative estimate of drug-likeness (QED) is 0.0883. The van der Waals surface area contributed by atoms with Gasteiger partial charge in [-0.1, -0.05) is 67.4 Å². The third kappa shape index (κ3) is 10.7. The van der Waals surface area contributed by atoms with Crippen LogP contribution in [0.4, 0.5) is 45.5 Å². The van der Waals surface area contributed by atoms with Gasteiger partial charge in [-0.3, -0.25) is 4.55 Å². The van der Waals surface area contributed by atoms with Crippen LogP contribution in [0.25, 0.3) is 22.3 Å². The normalized spacial score (nSPS) is 13.8. The topological polar surface area (TPSA) is 101 Å². The predicted molar refractivity (Wildman–Crippen MR) is 297 cm³/mol. The van der Waals surface area contributed by atoms with Crippen LogP contribution in [0.1, 0.15) is 38.5 Å². The molecular formula is C61H59N3O7S2. The molecule has 0 aromatic heterocycles. The van der Waals surface area contributed by atoms with Gasteiger partial charge in [0.2, 0.25) is 0 Å². The Morgan fingerprint density at radius 3 is 1.11 bits per heavy atom. The average Bonchev–Trinajstić information content (AvgIpc) is 3.44. The van der Waals surface area contributed by atoms with Gasteiger partial charge in [0.25, 0.3) is 10.1 Å². The van der Waals surface area contributed by atoms with Crippen LogP contribution in [0.3, 0.4) is 0 Å². The number of anilines is 8. The molecule has 1 aliphatic carbocycles. The molecule has 8 aromatic carbocycles. The second kappa shape index (κ2) is 21.8. The first kappa shape index (κ1) is 49.2. The fourth-order valence-corrected chi connectivity index (χ4v) is 12.5. The Bertz CT molecular complexity index is 2970. The summed E-state index contributed by atoms with van der Waals surface area (Å²) in [5, 5.41) is -0.848. The third-order valence-corrected chi connectivity index (χ3v) is 16.7. The van der Waals surface area contributed by atoms with Crippen molar-refractivity contribution >= 4 is 67.4 Å². The second-order valence-electron chi connectivity index (χ2n) is 18.4. The van der Waals surface area contributed by atoms with Crippen LogP contribution in [0.5, 0.6) is 23.0 Å². The Morgan fingerprint density at radius 1 is 0.479 bits per heavy atom. The highest BCUT2D eigenvalue weighted by atomic mass is 32.2. The molecule has 1 aliphatic heterocycles. The Labute approximate surface area is 433 Å². The van der Waals surface area contributed by atoms with E-state index >= 15 is 0 Å². The molecule has 10 nitrogen and oxygen atoms in total. The van der Waals surface area contributed by atoms with Crippen LogP contribution in [0, 0.1) is 5.92 Å². The minimum absolute atomic E-state index is 0.0812. The molecule has 372 valence electrons. The van der Waals surface area contributed by atoms with Crippen LogP contribution < -0.4 is 33.6 Å². The van der Waals surface area contributed by atoms with Crippen molar-refractivity contribution < 1.29 is 31.9 Å². The smallest absolute Gasteiger partial charge is 0.268 e. The molecule has 0 amide bonds. The maximum absolute atomic E-state index is 13.2. The Morgan fingerprint density at radius 2 is 0.795 bits per heavy atom. The summed E-state index contributed by atoms with van der Waals surface area (Å²) in [6, 6.07) is 62.3. The molecule has 0 spiro atoms. The maximum atomic E-state index is 13.2. The minimum Gasteiger partial charge on any atom is -0.497 e. The number of hydrogen-bond acceptors (Lipinski definition) is 10. The van der Waals surface area contributed by atoms with Gasteiger partial charge in [0.05, 0.1) is 45.1 Å². The van der Waals surface area contributed by atoms with Crippen LogP contribution >= 0.6 is 11.8 Å². The van der Waals surface area contributed by atoms with Gasteiger partial charge in [0, 0.05) is 50.5 Å². The van der Waals surface area contributed by atoms with E-state index in [0.717, 1.165) is 133 Å². The largest absolute Gasteiger partial charge is 0.497 e. The Kier molecular flexibility index (Phi) is 14.7. The zero-order chi connectivity index (χ0) is 50.5. The first-order valence-electron chi connectivity index (χ1n) is 24.7. The van der Waals surface area contributed by atoms with Gasteiger partial charge >= 0.3 is 0 Å². The highest BCUT2D eigenvalue weighted by molar-refractivity contribution is 7.99. The lowest BCUT2D eigenvalue weighted by molar-refractivity contribution is 0.320. The Balaban J connectivity index is 0.998. The van der Waals surface area contributed by atoms with Gasteiger partial charge in [-0.25, -0.2) is 0 Å². The van der Waals surface area contributed by atoms with Gasteiger partial charge in [-0.2, -0.15) is 8.42 Å². The summed E-state index contributed by atoms with van der Waals surface area (Å²) in [5.74, 6) is 3.04. The summed E-state index contributed by atoms with van der Waals surface area (Å²) in [5.41, 5.74) is 12.0. The van der Waals surface area contributed by atoms with Crippen molar-refractivity contribution in [2.24, 2.45) is 5.92 Å². The SMILES string of the molecule is COc1ccc(N(c2ccc(OC)cc2)c2ccc(-c3ccc4c(c3)N(CCC(C3CCCCC3)S(=O)(=O)O)c3cc(-c5ccc(N(c6ccc(OC)cc6)c6ccc(OC)cc6)cc5)ccc3S4)cc2)cc1. The fraction of sp³-hybridized carbons (Fsp3) is 0.213. The lowest BCUT2D eigenvalue weighted by Gasteiger charge is -2.36. The molecule has 73 heavy (non-hydrogen) atoms. The second-order valence-corrected chi connectivity index (χ2v) is 21.1. The van der Waals surface area contributed by atoms with E-state index < -0.39 is 15.4 Å². The third-order valence-electron chi connectivity index (χ3n) is 14.2. The van der Waals surface area contributed by atoms with Crippen molar-refractivity contribution in [3.63, 3.8) is 0 Å². The van der Waals surface area contributed by atoms with Crippen molar-refractivity contribution in [2.45, 2.75) is 53.6 Å². The summed E-state index contributed by atoms with van der Waals surface area (Å²) in [4.78, 5) is 8.83. The standard InChI is InChI=1S/C61H59N3O7S2/c1-68-53-28-20-49(21-29-53)63(50-22-30-54(69-2)31-23-50)47-16-10-42(11-17-47)45-14-36-59-57(40-45)62(39-38-61(73(65,66)67)44-8-6-5-7-9-44)58-41-46(15-37-60(58)72-59)43-12-18-48(19-13-43)64(51-24-32-55(70-3)33-25-51)52-26-34-56(71-4)35-27-52/h10-37,40-41,44,61H,5-9,38-39H2,1-4H3,(H,65,66,67). The van der Waals surface area contributed by atoms with E-state index in [9.17, 15) is 13.0 Å². The Hall–Kier alpha value is -7.38. The number of nitrogens with zero attached hydrogens (tertiary/aromatic N) is 3. The van der Waals surface area contributed by atoms with E-state index in [1.54, 1.807) is 40.2 Å². The van der Waals surface area contributed by atoms with Crippen LogP contribution in [-0.2, 0) is 10.1 Å². The van der Waals surface area contributed by atoms with Gasteiger partial charge in [-0.15, -0.1) is 0 Å². The fourth-order valence-electron chi connectivity index (χ4n) is 10.3. The molecule has 0 radical (unpaired) electrons. The summed E-state index contributed by atoms with van der Waals surface area (Å²) in [6.07, 6.45) is 4.94. The van der Waals surface area contributed by atoms with E-state index in [-0.39, 0.29) is 5.92 Å². The highest BCUT2D eigenvalue weighted by Crippen LogP contribution is 2.51. The van der Waals surface area contributed by atoms with Crippen LogP contribution in [0.15, 0.2) is 192 Å². The number of benzene rings is 8. The number of rotatable bonds is 17.